The van der Waals surface area contributed by atoms with E-state index in [9.17, 15) is 9.00 Å². The Labute approximate surface area is 188 Å². The van der Waals surface area contributed by atoms with Crippen molar-refractivity contribution in [1.82, 2.24) is 24.4 Å². The van der Waals surface area contributed by atoms with Crippen molar-refractivity contribution in [2.75, 3.05) is 19.3 Å². The zero-order valence-electron chi connectivity index (χ0n) is 18.0. The van der Waals surface area contributed by atoms with Gasteiger partial charge in [-0.25, -0.2) is 9.97 Å². The molecule has 7 nitrogen and oxygen atoms in total. The van der Waals surface area contributed by atoms with E-state index < -0.39 is 10.8 Å². The lowest BCUT2D eigenvalue weighted by atomic mass is 10.1. The number of likely N-dealkylation sites (tertiary alicyclic amines) is 1. The van der Waals surface area contributed by atoms with Crippen LogP contribution in [0.5, 0.6) is 0 Å². The third kappa shape index (κ3) is 3.71. The van der Waals surface area contributed by atoms with Gasteiger partial charge in [0.15, 0.2) is 0 Å². The highest BCUT2D eigenvalue weighted by Crippen LogP contribution is 2.28. The second-order valence-electron chi connectivity index (χ2n) is 8.01. The Hall–Kier alpha value is -3.39. The molecule has 4 heterocycles. The third-order valence-corrected chi connectivity index (χ3v) is 6.70. The molecule has 0 radical (unpaired) electrons. The van der Waals surface area contributed by atoms with E-state index in [0.717, 1.165) is 48.1 Å². The quantitative estimate of drug-likeness (QED) is 0.478. The second kappa shape index (κ2) is 8.27. The zero-order chi connectivity index (χ0) is 22.2. The molecule has 0 spiro atoms. The van der Waals surface area contributed by atoms with Crippen molar-refractivity contribution in [1.29, 1.82) is 0 Å². The number of nitrogens with zero attached hydrogens (tertiary/aromatic N) is 5. The Morgan fingerprint density at radius 2 is 1.78 bits per heavy atom. The van der Waals surface area contributed by atoms with Gasteiger partial charge in [-0.2, -0.15) is 0 Å². The van der Waals surface area contributed by atoms with Crippen LogP contribution >= 0.6 is 0 Å². The van der Waals surface area contributed by atoms with Gasteiger partial charge in [-0.1, -0.05) is 6.07 Å². The van der Waals surface area contributed by atoms with Crippen LogP contribution in [0.4, 0.5) is 0 Å². The topological polar surface area (TPSA) is 81.0 Å². The highest BCUT2D eigenvalue weighted by Gasteiger charge is 2.22. The summed E-state index contributed by atoms with van der Waals surface area (Å²) in [6, 6.07) is 11.3. The van der Waals surface area contributed by atoms with E-state index >= 15 is 0 Å². The van der Waals surface area contributed by atoms with Gasteiger partial charge in [-0.3, -0.25) is 18.6 Å². The molecule has 4 aromatic rings. The molecule has 0 saturated carbocycles. The number of amides is 1. The highest BCUT2D eigenvalue weighted by molar-refractivity contribution is 7.84. The van der Waals surface area contributed by atoms with E-state index in [4.69, 9.17) is 4.98 Å². The monoisotopic (exact) mass is 445 g/mol. The first kappa shape index (κ1) is 20.5. The van der Waals surface area contributed by atoms with E-state index in [0.29, 0.717) is 22.1 Å². The molecule has 1 amide bonds. The molecule has 0 aliphatic carbocycles. The van der Waals surface area contributed by atoms with Crippen LogP contribution in [-0.4, -0.2) is 53.9 Å². The molecule has 1 atom stereocenters. The van der Waals surface area contributed by atoms with E-state index in [1.165, 1.54) is 0 Å². The first-order valence-corrected chi connectivity index (χ1v) is 12.1. The van der Waals surface area contributed by atoms with E-state index in [2.05, 4.69) is 9.97 Å². The summed E-state index contributed by atoms with van der Waals surface area (Å²) in [5.41, 5.74) is 3.92. The third-order valence-electron chi connectivity index (χ3n) is 5.76. The minimum atomic E-state index is -1.20. The van der Waals surface area contributed by atoms with Crippen molar-refractivity contribution in [3.05, 3.63) is 66.1 Å². The number of aromatic nitrogens is 4. The first-order valence-electron chi connectivity index (χ1n) is 10.6. The highest BCUT2D eigenvalue weighted by atomic mass is 32.2. The molecule has 0 unspecified atom stereocenters. The van der Waals surface area contributed by atoms with Gasteiger partial charge < -0.3 is 4.90 Å². The number of hydrogen-bond acceptors (Lipinski definition) is 5. The van der Waals surface area contributed by atoms with Gasteiger partial charge in [0.05, 0.1) is 32.6 Å². The van der Waals surface area contributed by atoms with Crippen molar-refractivity contribution < 1.29 is 9.00 Å². The molecule has 0 N–H and O–H groups in total. The summed E-state index contributed by atoms with van der Waals surface area (Å²) in [5.74, 6) is 0.466. The van der Waals surface area contributed by atoms with Crippen LogP contribution in [0.3, 0.4) is 0 Å². The molecule has 5 rings (SSSR count). The minimum absolute atomic E-state index is 0.0231. The van der Waals surface area contributed by atoms with Crippen molar-refractivity contribution in [3.63, 3.8) is 0 Å². The summed E-state index contributed by atoms with van der Waals surface area (Å²) in [6.07, 6.45) is 8.97. The Kier molecular flexibility index (Phi) is 5.30. The summed E-state index contributed by atoms with van der Waals surface area (Å²) < 4.78 is 14.2. The summed E-state index contributed by atoms with van der Waals surface area (Å²) in [7, 11) is -1.20. The lowest BCUT2D eigenvalue weighted by molar-refractivity contribution is 0.0793. The number of carbonyl (C=O) groups is 1. The molecule has 32 heavy (non-hydrogen) atoms. The fraction of sp³-hybridized carbons (Fsp3) is 0.250. The minimum Gasteiger partial charge on any atom is -0.339 e. The number of benzene rings is 1. The van der Waals surface area contributed by atoms with Crippen molar-refractivity contribution in [2.45, 2.75) is 24.7 Å². The number of hydrogen-bond donors (Lipinski definition) is 0. The molecule has 1 aliphatic rings. The van der Waals surface area contributed by atoms with Gasteiger partial charge >= 0.3 is 0 Å². The van der Waals surface area contributed by atoms with E-state index in [-0.39, 0.29) is 5.91 Å². The summed E-state index contributed by atoms with van der Waals surface area (Å²) in [6.45, 7) is 3.59. The van der Waals surface area contributed by atoms with Crippen LogP contribution in [-0.2, 0) is 10.8 Å². The summed E-state index contributed by atoms with van der Waals surface area (Å²) >= 11 is 0. The van der Waals surface area contributed by atoms with Crippen molar-refractivity contribution in [3.8, 4) is 17.3 Å². The SMILES string of the molecule is Cc1ccnc(-c2ccnc(-n3cc([S@](C)=O)c4ccc(C(=O)N5CCCC5)cc43)n2)c1. The van der Waals surface area contributed by atoms with Crippen LogP contribution in [0.1, 0.15) is 28.8 Å². The number of pyridine rings is 1. The van der Waals surface area contributed by atoms with Crippen molar-refractivity contribution >= 4 is 27.6 Å². The van der Waals surface area contributed by atoms with Gasteiger partial charge in [0.1, 0.15) is 0 Å². The van der Waals surface area contributed by atoms with Crippen molar-refractivity contribution in [2.24, 2.45) is 0 Å². The molecule has 1 fully saturated rings. The Bertz CT molecular complexity index is 1360. The molecule has 162 valence electrons. The van der Waals surface area contributed by atoms with Crippen LogP contribution in [0.15, 0.2) is 59.9 Å². The maximum absolute atomic E-state index is 13.0. The van der Waals surface area contributed by atoms with Crippen LogP contribution in [0.25, 0.3) is 28.2 Å². The first-order chi connectivity index (χ1) is 15.5. The number of fused-ring (bicyclic) bond motifs is 1. The van der Waals surface area contributed by atoms with E-state index in [1.807, 2.05) is 52.8 Å². The Morgan fingerprint density at radius 1 is 1.00 bits per heavy atom. The smallest absolute Gasteiger partial charge is 0.253 e. The Balaban J connectivity index is 1.64. The molecule has 1 aromatic carbocycles. The van der Waals surface area contributed by atoms with E-state index in [1.54, 1.807) is 24.8 Å². The Morgan fingerprint density at radius 3 is 2.53 bits per heavy atom. The number of carbonyl (C=O) groups excluding carboxylic acids is 1. The zero-order valence-corrected chi connectivity index (χ0v) is 18.8. The van der Waals surface area contributed by atoms with Gasteiger partial charge in [0.2, 0.25) is 5.95 Å². The lowest BCUT2D eigenvalue weighted by Gasteiger charge is -2.15. The molecular formula is C24H23N5O2S. The fourth-order valence-electron chi connectivity index (χ4n) is 4.11. The molecule has 1 aliphatic heterocycles. The molecular weight excluding hydrogens is 422 g/mol. The molecule has 3 aromatic heterocycles. The van der Waals surface area contributed by atoms with Crippen LogP contribution in [0.2, 0.25) is 0 Å². The van der Waals surface area contributed by atoms with Gasteiger partial charge in [0, 0.05) is 48.9 Å². The largest absolute Gasteiger partial charge is 0.339 e. The molecule has 1 saturated heterocycles. The average Bonchev–Trinajstić information content (AvgIpc) is 3.47. The maximum Gasteiger partial charge on any atom is 0.253 e. The summed E-state index contributed by atoms with van der Waals surface area (Å²) in [4.78, 5) is 29.1. The average molecular weight is 446 g/mol. The summed E-state index contributed by atoms with van der Waals surface area (Å²) in [5, 5.41) is 0.825. The molecule has 8 heteroatoms. The predicted molar refractivity (Wildman–Crippen MR) is 124 cm³/mol. The number of aryl methyl sites for hydroxylation is 1. The second-order valence-corrected chi connectivity index (χ2v) is 9.36. The van der Waals surface area contributed by atoms with Gasteiger partial charge in [-0.15, -0.1) is 0 Å². The normalized spacial score (nSPS) is 14.8. The maximum atomic E-state index is 13.0. The van der Waals surface area contributed by atoms with Gasteiger partial charge in [-0.05, 0) is 55.7 Å². The fourth-order valence-corrected chi connectivity index (χ4v) is 4.85. The number of rotatable bonds is 4. The van der Waals surface area contributed by atoms with Gasteiger partial charge in [0.25, 0.3) is 5.91 Å². The lowest BCUT2D eigenvalue weighted by Crippen LogP contribution is -2.27. The van der Waals surface area contributed by atoms with Crippen LogP contribution in [0, 0.1) is 6.92 Å². The van der Waals surface area contributed by atoms with Crippen LogP contribution < -0.4 is 0 Å². The molecule has 0 bridgehead atoms. The standard InChI is InChI=1S/C24H23N5O2S/c1-16-7-9-25-20(13-16)19-8-10-26-24(27-19)29-15-22(32(2)31)18-6-5-17(14-21(18)29)23(30)28-11-3-4-12-28/h5-10,13-15H,3-4,11-12H2,1-2H3/t32-/m0/s1. The predicted octanol–water partition coefficient (Wildman–Crippen LogP) is 3.76.